The number of aromatic nitrogens is 1. The fourth-order valence-electron chi connectivity index (χ4n) is 3.32. The zero-order chi connectivity index (χ0) is 21.5. The molecule has 0 saturated heterocycles. The third-order valence-corrected chi connectivity index (χ3v) is 6.99. The molecule has 1 saturated carbocycles. The Hall–Kier alpha value is -2.97. The van der Waals surface area contributed by atoms with E-state index in [-0.39, 0.29) is 16.6 Å². The number of pyridine rings is 1. The van der Waals surface area contributed by atoms with Crippen LogP contribution in [0.3, 0.4) is 0 Å². The van der Waals surface area contributed by atoms with Crippen molar-refractivity contribution in [2.45, 2.75) is 23.7 Å². The molecule has 0 aliphatic heterocycles. The van der Waals surface area contributed by atoms with Crippen LogP contribution in [0, 0.1) is 0 Å². The largest absolute Gasteiger partial charge is 0.495 e. The second kappa shape index (κ2) is 7.70. The van der Waals surface area contributed by atoms with E-state index in [1.807, 2.05) is 30.3 Å². The van der Waals surface area contributed by atoms with Crippen LogP contribution in [0.15, 0.2) is 53.4 Å². The molecule has 2 aromatic carbocycles. The van der Waals surface area contributed by atoms with Crippen LogP contribution in [0.25, 0.3) is 10.9 Å². The molecule has 0 radical (unpaired) electrons. The number of ether oxygens (including phenoxy) is 1. The van der Waals surface area contributed by atoms with Crippen LogP contribution < -0.4 is 10.1 Å². The molecule has 3 aromatic rings. The number of nitrogens with one attached hydrogen (secondary N) is 1. The van der Waals surface area contributed by atoms with Gasteiger partial charge in [0.25, 0.3) is 5.91 Å². The molecule has 1 aromatic heterocycles. The SMILES string of the molecule is COc1ccc(NC(=O)c2cc(C3CC3)nc3ccccc23)cc1S(=O)(=O)N(C)C. The summed E-state index contributed by atoms with van der Waals surface area (Å²) < 4.78 is 31.6. The van der Waals surface area contributed by atoms with Crippen LogP contribution in [-0.4, -0.2) is 44.8 Å². The Morgan fingerprint density at radius 3 is 2.53 bits per heavy atom. The van der Waals surface area contributed by atoms with E-state index >= 15 is 0 Å². The van der Waals surface area contributed by atoms with Gasteiger partial charge < -0.3 is 10.1 Å². The van der Waals surface area contributed by atoms with Gasteiger partial charge in [0.05, 0.1) is 18.2 Å². The van der Waals surface area contributed by atoms with Crippen molar-refractivity contribution in [1.82, 2.24) is 9.29 Å². The van der Waals surface area contributed by atoms with E-state index in [2.05, 4.69) is 5.32 Å². The van der Waals surface area contributed by atoms with Crippen molar-refractivity contribution in [2.75, 3.05) is 26.5 Å². The van der Waals surface area contributed by atoms with E-state index < -0.39 is 10.0 Å². The average molecular weight is 426 g/mol. The van der Waals surface area contributed by atoms with Gasteiger partial charge >= 0.3 is 0 Å². The number of rotatable bonds is 6. The van der Waals surface area contributed by atoms with Gasteiger partial charge in [-0.15, -0.1) is 0 Å². The molecule has 0 unspecified atom stereocenters. The number of carbonyl (C=O) groups is 1. The summed E-state index contributed by atoms with van der Waals surface area (Å²) in [5.41, 5.74) is 2.59. The van der Waals surface area contributed by atoms with Gasteiger partial charge in [0.2, 0.25) is 10.0 Å². The van der Waals surface area contributed by atoms with Crippen molar-refractivity contribution >= 4 is 32.5 Å². The van der Waals surface area contributed by atoms with Crippen molar-refractivity contribution in [3.8, 4) is 5.75 Å². The summed E-state index contributed by atoms with van der Waals surface area (Å²) in [4.78, 5) is 17.8. The summed E-state index contributed by atoms with van der Waals surface area (Å²) in [7, 11) is 0.562. The number of methoxy groups -OCH3 is 1. The molecule has 1 fully saturated rings. The van der Waals surface area contributed by atoms with Crippen LogP contribution in [-0.2, 0) is 10.0 Å². The number of anilines is 1. The maximum Gasteiger partial charge on any atom is 0.256 e. The minimum absolute atomic E-state index is 0.00828. The molecule has 1 aliphatic carbocycles. The van der Waals surface area contributed by atoms with Crippen LogP contribution in [0.4, 0.5) is 5.69 Å². The minimum Gasteiger partial charge on any atom is -0.495 e. The number of sulfonamides is 1. The Labute approximate surface area is 175 Å². The first-order chi connectivity index (χ1) is 14.3. The topological polar surface area (TPSA) is 88.6 Å². The maximum absolute atomic E-state index is 13.1. The number of hydrogen-bond acceptors (Lipinski definition) is 5. The van der Waals surface area contributed by atoms with Gasteiger partial charge in [-0.25, -0.2) is 12.7 Å². The van der Waals surface area contributed by atoms with E-state index in [0.29, 0.717) is 17.2 Å². The average Bonchev–Trinajstić information content (AvgIpc) is 3.58. The predicted octanol–water partition coefficient (Wildman–Crippen LogP) is 3.62. The highest BCUT2D eigenvalue weighted by Crippen LogP contribution is 2.40. The lowest BCUT2D eigenvalue weighted by molar-refractivity contribution is 0.102. The van der Waals surface area contributed by atoms with Gasteiger partial charge in [-0.1, -0.05) is 18.2 Å². The van der Waals surface area contributed by atoms with Gasteiger partial charge in [0.15, 0.2) is 0 Å². The van der Waals surface area contributed by atoms with Crippen molar-refractivity contribution in [1.29, 1.82) is 0 Å². The lowest BCUT2D eigenvalue weighted by atomic mass is 10.1. The van der Waals surface area contributed by atoms with E-state index in [9.17, 15) is 13.2 Å². The number of hydrogen-bond donors (Lipinski definition) is 1. The van der Waals surface area contributed by atoms with Crippen molar-refractivity contribution in [3.05, 3.63) is 59.8 Å². The number of carbonyl (C=O) groups excluding carboxylic acids is 1. The number of para-hydroxylation sites is 1. The summed E-state index contributed by atoms with van der Waals surface area (Å²) in [5.74, 6) is 0.305. The van der Waals surface area contributed by atoms with Crippen LogP contribution in [0.5, 0.6) is 5.75 Å². The zero-order valence-corrected chi connectivity index (χ0v) is 17.9. The Morgan fingerprint density at radius 2 is 1.87 bits per heavy atom. The number of nitrogens with zero attached hydrogens (tertiary/aromatic N) is 2. The molecular formula is C22H23N3O4S. The first-order valence-electron chi connectivity index (χ1n) is 9.63. The molecule has 4 rings (SSSR count). The highest BCUT2D eigenvalue weighted by atomic mass is 32.2. The molecule has 8 heteroatoms. The monoisotopic (exact) mass is 425 g/mol. The molecule has 1 heterocycles. The van der Waals surface area contributed by atoms with Crippen LogP contribution >= 0.6 is 0 Å². The Balaban J connectivity index is 1.73. The van der Waals surface area contributed by atoms with Gasteiger partial charge in [-0.2, -0.15) is 0 Å². The Bertz CT molecular complexity index is 1230. The molecule has 0 atom stereocenters. The molecule has 1 amide bonds. The standard InChI is InChI=1S/C22H23N3O4S/c1-25(2)30(27,28)21-12-15(10-11-20(21)29-3)23-22(26)17-13-19(14-8-9-14)24-18-7-5-4-6-16(17)18/h4-7,10-14H,8-9H2,1-3H3,(H,23,26). The van der Waals surface area contributed by atoms with Gasteiger partial charge in [0, 0.05) is 36.8 Å². The molecule has 7 nitrogen and oxygen atoms in total. The number of fused-ring (bicyclic) bond motifs is 1. The van der Waals surface area contributed by atoms with Gasteiger partial charge in [-0.05, 0) is 43.2 Å². The molecule has 0 spiro atoms. The Kier molecular flexibility index (Phi) is 5.21. The molecule has 156 valence electrons. The van der Waals surface area contributed by atoms with E-state index in [0.717, 1.165) is 33.7 Å². The fraction of sp³-hybridized carbons (Fsp3) is 0.273. The number of amides is 1. The third-order valence-electron chi connectivity index (χ3n) is 5.16. The molecule has 30 heavy (non-hydrogen) atoms. The van der Waals surface area contributed by atoms with E-state index in [1.54, 1.807) is 6.07 Å². The van der Waals surface area contributed by atoms with Gasteiger partial charge in [0.1, 0.15) is 10.6 Å². The van der Waals surface area contributed by atoms with Crippen molar-refractivity contribution in [3.63, 3.8) is 0 Å². The smallest absolute Gasteiger partial charge is 0.256 e. The minimum atomic E-state index is -3.74. The van der Waals surface area contributed by atoms with Crippen LogP contribution in [0.2, 0.25) is 0 Å². The van der Waals surface area contributed by atoms with E-state index in [4.69, 9.17) is 9.72 Å². The molecular weight excluding hydrogens is 402 g/mol. The molecule has 1 N–H and O–H groups in total. The van der Waals surface area contributed by atoms with Crippen LogP contribution in [0.1, 0.15) is 34.8 Å². The maximum atomic E-state index is 13.1. The predicted molar refractivity (Wildman–Crippen MR) is 116 cm³/mol. The highest BCUT2D eigenvalue weighted by molar-refractivity contribution is 7.89. The lowest BCUT2D eigenvalue weighted by Gasteiger charge is -2.16. The lowest BCUT2D eigenvalue weighted by Crippen LogP contribution is -2.23. The quantitative estimate of drug-likeness (QED) is 0.652. The summed E-state index contributed by atoms with van der Waals surface area (Å²) in [6, 6.07) is 13.9. The van der Waals surface area contributed by atoms with Crippen molar-refractivity contribution < 1.29 is 17.9 Å². The number of benzene rings is 2. The summed E-state index contributed by atoms with van der Waals surface area (Å²) in [5, 5.41) is 3.59. The summed E-state index contributed by atoms with van der Waals surface area (Å²) in [6.45, 7) is 0. The summed E-state index contributed by atoms with van der Waals surface area (Å²) >= 11 is 0. The normalized spacial score (nSPS) is 14.1. The Morgan fingerprint density at radius 1 is 1.13 bits per heavy atom. The fourth-order valence-corrected chi connectivity index (χ4v) is 4.40. The molecule has 0 bridgehead atoms. The van der Waals surface area contributed by atoms with E-state index in [1.165, 1.54) is 33.3 Å². The first-order valence-corrected chi connectivity index (χ1v) is 11.1. The second-order valence-electron chi connectivity index (χ2n) is 7.49. The second-order valence-corrected chi connectivity index (χ2v) is 9.61. The highest BCUT2D eigenvalue weighted by Gasteiger charge is 2.27. The van der Waals surface area contributed by atoms with Crippen molar-refractivity contribution in [2.24, 2.45) is 0 Å². The van der Waals surface area contributed by atoms with Gasteiger partial charge in [-0.3, -0.25) is 9.78 Å². The first kappa shape index (κ1) is 20.3. The summed E-state index contributed by atoms with van der Waals surface area (Å²) in [6.07, 6.45) is 2.16. The molecule has 1 aliphatic rings. The zero-order valence-electron chi connectivity index (χ0n) is 17.0. The third kappa shape index (κ3) is 3.76.